The molecular weight excluding hydrogens is 260 g/mol. The number of anilines is 1. The second-order valence-corrected chi connectivity index (χ2v) is 6.97. The molecule has 0 amide bonds. The molecule has 0 aromatic heterocycles. The predicted octanol–water partition coefficient (Wildman–Crippen LogP) is 3.22. The van der Waals surface area contributed by atoms with Gasteiger partial charge in [0.2, 0.25) is 0 Å². The summed E-state index contributed by atoms with van der Waals surface area (Å²) in [6, 6.07) is 7.72. The summed E-state index contributed by atoms with van der Waals surface area (Å²) in [6.45, 7) is 9.10. The first-order valence-corrected chi connectivity index (χ1v) is 8.25. The summed E-state index contributed by atoms with van der Waals surface area (Å²) in [7, 11) is 1.74. The molecule has 1 saturated carbocycles. The second kappa shape index (κ2) is 5.88. The topological polar surface area (TPSA) is 24.5 Å². The van der Waals surface area contributed by atoms with Crippen LogP contribution in [-0.2, 0) is 0 Å². The molecule has 3 heteroatoms. The number of ether oxygens (including phenoxy) is 1. The van der Waals surface area contributed by atoms with Crippen LogP contribution in [-0.4, -0.2) is 32.3 Å². The van der Waals surface area contributed by atoms with E-state index in [0.717, 1.165) is 24.8 Å². The Morgan fingerprint density at radius 1 is 1.29 bits per heavy atom. The fourth-order valence-electron chi connectivity index (χ4n) is 3.56. The van der Waals surface area contributed by atoms with Crippen LogP contribution in [0.1, 0.15) is 32.3 Å². The molecule has 116 valence electrons. The van der Waals surface area contributed by atoms with Crippen molar-refractivity contribution in [3.05, 3.63) is 23.8 Å². The average molecular weight is 288 g/mol. The Kier molecular flexibility index (Phi) is 4.12. The summed E-state index contributed by atoms with van der Waals surface area (Å²) < 4.78 is 5.35. The molecule has 2 aliphatic rings. The van der Waals surface area contributed by atoms with Gasteiger partial charge in [-0.1, -0.05) is 13.8 Å². The van der Waals surface area contributed by atoms with Gasteiger partial charge in [0.15, 0.2) is 0 Å². The van der Waals surface area contributed by atoms with Crippen molar-refractivity contribution in [2.45, 2.75) is 45.7 Å². The van der Waals surface area contributed by atoms with E-state index in [1.54, 1.807) is 7.11 Å². The Bertz CT molecular complexity index is 496. The number of rotatable bonds is 4. The van der Waals surface area contributed by atoms with E-state index in [2.05, 4.69) is 49.2 Å². The third-order valence-electron chi connectivity index (χ3n) is 5.06. The Hall–Kier alpha value is -1.22. The minimum Gasteiger partial charge on any atom is -0.497 e. The number of hydrogen-bond donors (Lipinski definition) is 1. The number of benzene rings is 1. The lowest BCUT2D eigenvalue weighted by atomic mass is 9.95. The van der Waals surface area contributed by atoms with Crippen molar-refractivity contribution in [1.29, 1.82) is 0 Å². The van der Waals surface area contributed by atoms with Gasteiger partial charge in [0.05, 0.1) is 7.11 Å². The molecule has 1 aliphatic heterocycles. The van der Waals surface area contributed by atoms with E-state index in [1.807, 2.05) is 0 Å². The highest BCUT2D eigenvalue weighted by atomic mass is 16.5. The minimum atomic E-state index is 0.576. The maximum atomic E-state index is 5.35. The van der Waals surface area contributed by atoms with Crippen molar-refractivity contribution in [1.82, 2.24) is 5.32 Å². The van der Waals surface area contributed by atoms with Crippen LogP contribution in [0.15, 0.2) is 18.2 Å². The van der Waals surface area contributed by atoms with Gasteiger partial charge in [-0.25, -0.2) is 0 Å². The first-order chi connectivity index (χ1) is 10.1. The fraction of sp³-hybridized carbons (Fsp3) is 0.667. The molecule has 3 rings (SSSR count). The Morgan fingerprint density at radius 3 is 2.62 bits per heavy atom. The van der Waals surface area contributed by atoms with E-state index in [4.69, 9.17) is 4.74 Å². The molecule has 2 fully saturated rings. The molecule has 1 saturated heterocycles. The first-order valence-electron chi connectivity index (χ1n) is 8.25. The molecule has 0 spiro atoms. The SMILES string of the molecule is COc1ccc(N2CC(C3CC3)NCC2C(C)C)c(C)c1. The van der Waals surface area contributed by atoms with Crippen LogP contribution in [0.25, 0.3) is 0 Å². The summed E-state index contributed by atoms with van der Waals surface area (Å²) in [5, 5.41) is 3.79. The van der Waals surface area contributed by atoms with Crippen molar-refractivity contribution in [3.63, 3.8) is 0 Å². The first kappa shape index (κ1) is 14.7. The molecule has 21 heavy (non-hydrogen) atoms. The Labute approximate surface area is 128 Å². The van der Waals surface area contributed by atoms with E-state index in [0.29, 0.717) is 18.0 Å². The smallest absolute Gasteiger partial charge is 0.119 e. The van der Waals surface area contributed by atoms with Crippen LogP contribution in [0, 0.1) is 18.8 Å². The molecule has 2 unspecified atom stereocenters. The van der Waals surface area contributed by atoms with Crippen molar-refractivity contribution in [3.8, 4) is 5.75 Å². The maximum absolute atomic E-state index is 5.35. The zero-order chi connectivity index (χ0) is 15.0. The van der Waals surface area contributed by atoms with E-state index < -0.39 is 0 Å². The number of piperazine rings is 1. The highest BCUT2D eigenvalue weighted by molar-refractivity contribution is 5.57. The summed E-state index contributed by atoms with van der Waals surface area (Å²) in [4.78, 5) is 2.64. The number of nitrogens with zero attached hydrogens (tertiary/aromatic N) is 1. The third-order valence-corrected chi connectivity index (χ3v) is 5.06. The number of hydrogen-bond acceptors (Lipinski definition) is 3. The standard InChI is InChI=1S/C18H28N2O/c1-12(2)18-10-19-16(14-5-6-14)11-20(18)17-8-7-15(21-4)9-13(17)3/h7-9,12,14,16,18-19H,5-6,10-11H2,1-4H3. The zero-order valence-corrected chi connectivity index (χ0v) is 13.7. The Morgan fingerprint density at radius 2 is 2.05 bits per heavy atom. The molecule has 0 radical (unpaired) electrons. The average Bonchev–Trinajstić information content (AvgIpc) is 3.31. The van der Waals surface area contributed by atoms with Crippen molar-refractivity contribution in [2.24, 2.45) is 11.8 Å². The lowest BCUT2D eigenvalue weighted by Gasteiger charge is -2.44. The largest absolute Gasteiger partial charge is 0.497 e. The molecule has 2 atom stereocenters. The molecule has 1 aromatic rings. The summed E-state index contributed by atoms with van der Waals surface area (Å²) in [5.74, 6) is 2.50. The van der Waals surface area contributed by atoms with Crippen molar-refractivity contribution < 1.29 is 4.74 Å². The third kappa shape index (κ3) is 3.03. The van der Waals surface area contributed by atoms with Crippen LogP contribution < -0.4 is 15.0 Å². The van der Waals surface area contributed by atoms with Crippen LogP contribution in [0.5, 0.6) is 5.75 Å². The highest BCUT2D eigenvalue weighted by Crippen LogP contribution is 2.37. The molecule has 1 aromatic carbocycles. The molecule has 1 N–H and O–H groups in total. The molecule has 3 nitrogen and oxygen atoms in total. The molecule has 0 bridgehead atoms. The van der Waals surface area contributed by atoms with Gasteiger partial charge in [0, 0.05) is 30.9 Å². The summed E-state index contributed by atoms with van der Waals surface area (Å²) >= 11 is 0. The number of aryl methyl sites for hydroxylation is 1. The van der Waals surface area contributed by atoms with Crippen LogP contribution in [0.2, 0.25) is 0 Å². The summed E-state index contributed by atoms with van der Waals surface area (Å²) in [6.07, 6.45) is 2.80. The van der Waals surface area contributed by atoms with Gasteiger partial charge in [-0.05, 0) is 55.4 Å². The van der Waals surface area contributed by atoms with E-state index in [1.165, 1.54) is 24.1 Å². The lowest BCUT2D eigenvalue weighted by Crippen LogP contribution is -2.59. The van der Waals surface area contributed by atoms with E-state index >= 15 is 0 Å². The van der Waals surface area contributed by atoms with Gasteiger partial charge in [0.1, 0.15) is 5.75 Å². The normalized spacial score (nSPS) is 26.2. The second-order valence-electron chi connectivity index (χ2n) is 6.97. The number of methoxy groups -OCH3 is 1. The lowest BCUT2D eigenvalue weighted by molar-refractivity contribution is 0.320. The van der Waals surface area contributed by atoms with Gasteiger partial charge in [-0.2, -0.15) is 0 Å². The van der Waals surface area contributed by atoms with E-state index in [-0.39, 0.29) is 0 Å². The van der Waals surface area contributed by atoms with Gasteiger partial charge in [-0.3, -0.25) is 0 Å². The van der Waals surface area contributed by atoms with Gasteiger partial charge in [0.25, 0.3) is 0 Å². The van der Waals surface area contributed by atoms with Crippen molar-refractivity contribution in [2.75, 3.05) is 25.1 Å². The highest BCUT2D eigenvalue weighted by Gasteiger charge is 2.38. The van der Waals surface area contributed by atoms with Gasteiger partial charge in [-0.15, -0.1) is 0 Å². The molecule has 1 heterocycles. The zero-order valence-electron chi connectivity index (χ0n) is 13.7. The molecule has 1 aliphatic carbocycles. The fourth-order valence-corrected chi connectivity index (χ4v) is 3.56. The molecular formula is C18H28N2O. The van der Waals surface area contributed by atoms with Gasteiger partial charge < -0.3 is 15.0 Å². The number of nitrogens with one attached hydrogen (secondary N) is 1. The van der Waals surface area contributed by atoms with Crippen LogP contribution in [0.3, 0.4) is 0 Å². The maximum Gasteiger partial charge on any atom is 0.119 e. The van der Waals surface area contributed by atoms with Gasteiger partial charge >= 0.3 is 0 Å². The monoisotopic (exact) mass is 288 g/mol. The minimum absolute atomic E-state index is 0.576. The quantitative estimate of drug-likeness (QED) is 0.920. The van der Waals surface area contributed by atoms with Crippen molar-refractivity contribution >= 4 is 5.69 Å². The van der Waals surface area contributed by atoms with E-state index in [9.17, 15) is 0 Å². The summed E-state index contributed by atoms with van der Waals surface area (Å²) in [5.41, 5.74) is 2.69. The predicted molar refractivity (Wildman–Crippen MR) is 88.2 cm³/mol. The van der Waals surface area contributed by atoms with Crippen LogP contribution >= 0.6 is 0 Å². The van der Waals surface area contributed by atoms with Crippen LogP contribution in [0.4, 0.5) is 5.69 Å². The Balaban J connectivity index is 1.86.